The first-order chi connectivity index (χ1) is 8.70. The van der Waals surface area contributed by atoms with E-state index in [0.29, 0.717) is 16.7 Å². The van der Waals surface area contributed by atoms with Gasteiger partial charge in [-0.1, -0.05) is 6.07 Å². The monoisotopic (exact) mass is 305 g/mol. The zero-order valence-corrected chi connectivity index (χ0v) is 10.9. The number of nitrogens with one attached hydrogen (secondary N) is 1. The molecule has 0 aliphatic heterocycles. The van der Waals surface area contributed by atoms with Gasteiger partial charge in [-0.15, -0.1) is 0 Å². The van der Waals surface area contributed by atoms with Crippen LogP contribution in [-0.2, 0) is 6.54 Å². The molecule has 0 aliphatic carbocycles. The lowest BCUT2D eigenvalue weighted by Crippen LogP contribution is -2.02. The number of rotatable bonds is 3. The number of nitriles is 1. The van der Waals surface area contributed by atoms with Crippen molar-refractivity contribution in [3.8, 4) is 6.07 Å². The lowest BCUT2D eigenvalue weighted by Gasteiger charge is -2.08. The fourth-order valence-electron chi connectivity index (χ4n) is 1.49. The van der Waals surface area contributed by atoms with E-state index in [4.69, 9.17) is 5.26 Å². The van der Waals surface area contributed by atoms with Gasteiger partial charge in [-0.25, -0.2) is 9.37 Å². The Morgan fingerprint density at radius 3 is 2.94 bits per heavy atom. The zero-order valence-electron chi connectivity index (χ0n) is 9.32. The first-order valence-corrected chi connectivity index (χ1v) is 6.03. The Labute approximate surface area is 112 Å². The van der Waals surface area contributed by atoms with E-state index >= 15 is 0 Å². The summed E-state index contributed by atoms with van der Waals surface area (Å²) in [6, 6.07) is 10.3. The third-order valence-electron chi connectivity index (χ3n) is 2.40. The van der Waals surface area contributed by atoms with Crippen molar-refractivity contribution < 1.29 is 4.39 Å². The number of benzene rings is 1. The Morgan fingerprint density at radius 1 is 1.39 bits per heavy atom. The second-order valence-corrected chi connectivity index (χ2v) is 4.46. The molecule has 2 aromatic rings. The fourth-order valence-corrected chi connectivity index (χ4v) is 1.86. The minimum Gasteiger partial charge on any atom is -0.381 e. The highest BCUT2D eigenvalue weighted by Crippen LogP contribution is 2.20. The lowest BCUT2D eigenvalue weighted by atomic mass is 10.2. The standard InChI is InChI=1S/C13H9BrFN3/c14-11-6-10(3-4-12(11)15)18-8-9-2-1-5-17-13(9)7-16/h1-6,18H,8H2. The van der Waals surface area contributed by atoms with Crippen LogP contribution in [0.1, 0.15) is 11.3 Å². The van der Waals surface area contributed by atoms with Crippen LogP contribution in [0, 0.1) is 17.1 Å². The van der Waals surface area contributed by atoms with Crippen LogP contribution < -0.4 is 5.32 Å². The quantitative estimate of drug-likeness (QED) is 0.944. The number of pyridine rings is 1. The molecular formula is C13H9BrFN3. The molecule has 0 bridgehead atoms. The van der Waals surface area contributed by atoms with Gasteiger partial charge in [0.1, 0.15) is 17.6 Å². The van der Waals surface area contributed by atoms with E-state index in [9.17, 15) is 4.39 Å². The van der Waals surface area contributed by atoms with E-state index in [1.165, 1.54) is 6.07 Å². The molecule has 0 atom stereocenters. The maximum Gasteiger partial charge on any atom is 0.145 e. The number of nitrogens with zero attached hydrogens (tertiary/aromatic N) is 2. The van der Waals surface area contributed by atoms with Gasteiger partial charge in [0.15, 0.2) is 0 Å². The molecule has 1 heterocycles. The maximum atomic E-state index is 13.1. The van der Waals surface area contributed by atoms with Gasteiger partial charge >= 0.3 is 0 Å². The van der Waals surface area contributed by atoms with Crippen LogP contribution in [0.4, 0.5) is 10.1 Å². The molecule has 90 valence electrons. The van der Waals surface area contributed by atoms with Gasteiger partial charge in [-0.3, -0.25) is 0 Å². The molecule has 0 amide bonds. The highest BCUT2D eigenvalue weighted by molar-refractivity contribution is 9.10. The molecule has 18 heavy (non-hydrogen) atoms. The molecule has 0 saturated heterocycles. The van der Waals surface area contributed by atoms with Crippen molar-refractivity contribution in [3.05, 3.63) is 58.1 Å². The van der Waals surface area contributed by atoms with Gasteiger partial charge < -0.3 is 5.32 Å². The first-order valence-electron chi connectivity index (χ1n) is 5.23. The van der Waals surface area contributed by atoms with Gasteiger partial charge in [-0.05, 0) is 40.2 Å². The van der Waals surface area contributed by atoms with Crippen molar-refractivity contribution in [1.82, 2.24) is 4.98 Å². The Kier molecular flexibility index (Phi) is 3.90. The predicted molar refractivity (Wildman–Crippen MR) is 70.4 cm³/mol. The summed E-state index contributed by atoms with van der Waals surface area (Å²) in [5, 5.41) is 12.0. The fraction of sp³-hybridized carbons (Fsp3) is 0.0769. The van der Waals surface area contributed by atoms with Crippen LogP contribution in [0.5, 0.6) is 0 Å². The van der Waals surface area contributed by atoms with Crippen LogP contribution in [-0.4, -0.2) is 4.98 Å². The average molecular weight is 306 g/mol. The van der Waals surface area contributed by atoms with Crippen molar-refractivity contribution in [2.24, 2.45) is 0 Å². The molecule has 0 unspecified atom stereocenters. The largest absolute Gasteiger partial charge is 0.381 e. The van der Waals surface area contributed by atoms with E-state index < -0.39 is 0 Å². The van der Waals surface area contributed by atoms with Crippen LogP contribution in [0.3, 0.4) is 0 Å². The van der Waals surface area contributed by atoms with Crippen LogP contribution in [0.25, 0.3) is 0 Å². The minimum absolute atomic E-state index is 0.306. The van der Waals surface area contributed by atoms with Crippen molar-refractivity contribution in [2.45, 2.75) is 6.54 Å². The number of halogens is 2. The Balaban J connectivity index is 2.12. The van der Waals surface area contributed by atoms with E-state index in [2.05, 4.69) is 26.2 Å². The topological polar surface area (TPSA) is 48.7 Å². The van der Waals surface area contributed by atoms with Gasteiger partial charge in [0.05, 0.1) is 4.47 Å². The molecule has 0 saturated carbocycles. The molecule has 0 fully saturated rings. The molecule has 1 aromatic heterocycles. The molecular weight excluding hydrogens is 297 g/mol. The molecule has 0 aliphatic rings. The number of hydrogen-bond acceptors (Lipinski definition) is 3. The number of anilines is 1. The summed E-state index contributed by atoms with van der Waals surface area (Å²) < 4.78 is 13.5. The van der Waals surface area contributed by atoms with Crippen molar-refractivity contribution in [2.75, 3.05) is 5.32 Å². The Hall–Kier alpha value is -1.93. The third kappa shape index (κ3) is 2.84. The van der Waals surface area contributed by atoms with Crippen molar-refractivity contribution in [1.29, 1.82) is 5.26 Å². The molecule has 0 radical (unpaired) electrons. The maximum absolute atomic E-state index is 13.1. The van der Waals surface area contributed by atoms with Crippen LogP contribution >= 0.6 is 15.9 Å². The smallest absolute Gasteiger partial charge is 0.145 e. The molecule has 1 aromatic carbocycles. The highest BCUT2D eigenvalue weighted by Gasteiger charge is 2.03. The Morgan fingerprint density at radius 2 is 2.22 bits per heavy atom. The first kappa shape index (κ1) is 12.5. The average Bonchev–Trinajstić information content (AvgIpc) is 2.40. The second kappa shape index (κ2) is 5.61. The summed E-state index contributed by atoms with van der Waals surface area (Å²) in [6.45, 7) is 0.467. The van der Waals surface area contributed by atoms with E-state index in [-0.39, 0.29) is 5.82 Å². The van der Waals surface area contributed by atoms with Gasteiger partial charge in [0, 0.05) is 24.0 Å². The normalized spacial score (nSPS) is 9.83. The lowest BCUT2D eigenvalue weighted by molar-refractivity contribution is 0.621. The van der Waals surface area contributed by atoms with E-state index in [1.54, 1.807) is 24.4 Å². The number of aromatic nitrogens is 1. The van der Waals surface area contributed by atoms with Crippen LogP contribution in [0.2, 0.25) is 0 Å². The number of hydrogen-bond donors (Lipinski definition) is 1. The Bertz CT molecular complexity index is 607. The van der Waals surface area contributed by atoms with Crippen LogP contribution in [0.15, 0.2) is 41.0 Å². The molecule has 2 rings (SSSR count). The third-order valence-corrected chi connectivity index (χ3v) is 3.01. The molecule has 5 heteroatoms. The predicted octanol–water partition coefficient (Wildman–Crippen LogP) is 3.47. The summed E-state index contributed by atoms with van der Waals surface area (Å²) in [7, 11) is 0. The van der Waals surface area contributed by atoms with Gasteiger partial charge in [0.2, 0.25) is 0 Å². The van der Waals surface area contributed by atoms with E-state index in [1.807, 2.05) is 12.1 Å². The highest BCUT2D eigenvalue weighted by atomic mass is 79.9. The second-order valence-electron chi connectivity index (χ2n) is 3.61. The molecule has 3 nitrogen and oxygen atoms in total. The SMILES string of the molecule is N#Cc1ncccc1CNc1ccc(F)c(Br)c1. The van der Waals surface area contributed by atoms with Crippen molar-refractivity contribution in [3.63, 3.8) is 0 Å². The van der Waals surface area contributed by atoms with Gasteiger partial charge in [-0.2, -0.15) is 5.26 Å². The van der Waals surface area contributed by atoms with E-state index in [0.717, 1.165) is 11.3 Å². The summed E-state index contributed by atoms with van der Waals surface area (Å²) in [5.74, 6) is -0.306. The summed E-state index contributed by atoms with van der Waals surface area (Å²) in [6.07, 6.45) is 1.58. The minimum atomic E-state index is -0.306. The molecule has 0 spiro atoms. The van der Waals surface area contributed by atoms with Gasteiger partial charge in [0.25, 0.3) is 0 Å². The summed E-state index contributed by atoms with van der Waals surface area (Å²) >= 11 is 3.12. The zero-order chi connectivity index (χ0) is 13.0. The summed E-state index contributed by atoms with van der Waals surface area (Å²) in [4.78, 5) is 3.97. The van der Waals surface area contributed by atoms with Crippen molar-refractivity contribution >= 4 is 21.6 Å². The molecule has 1 N–H and O–H groups in total. The summed E-state index contributed by atoms with van der Waals surface area (Å²) in [5.41, 5.74) is 1.97.